The smallest absolute Gasteiger partial charge is 0.0680 e. The third-order valence-electron chi connectivity index (χ3n) is 2.94. The van der Waals surface area contributed by atoms with Crippen LogP contribution in [0.1, 0.15) is 36.8 Å². The molecule has 2 rings (SSSR count). The molecule has 1 aliphatic carbocycles. The minimum absolute atomic E-state index is 0.669. The molecule has 1 aromatic carbocycles. The van der Waals surface area contributed by atoms with Crippen molar-refractivity contribution in [3.8, 4) is 0 Å². The molecule has 0 spiro atoms. The Morgan fingerprint density at radius 2 is 2.00 bits per heavy atom. The Hall–Kier alpha value is -1.31. The van der Waals surface area contributed by atoms with E-state index in [4.69, 9.17) is 0 Å². The monoisotopic (exact) mass is 202 g/mol. The van der Waals surface area contributed by atoms with Crippen LogP contribution >= 0.6 is 0 Å². The standard InChI is InChI=1S/C13H18N2/c1-10-8-9-13(14-15(2)3)12-7-5-4-6-11(10)12/h4-7,10H,8-9H2,1-3H3/b14-13+/t10-/m0/s1. The molecular weight excluding hydrogens is 184 g/mol. The Bertz CT molecular complexity index is 380. The van der Waals surface area contributed by atoms with Gasteiger partial charge >= 0.3 is 0 Å². The first-order valence-corrected chi connectivity index (χ1v) is 5.52. The summed E-state index contributed by atoms with van der Waals surface area (Å²) in [7, 11) is 3.96. The molecule has 1 aliphatic rings. The third-order valence-corrected chi connectivity index (χ3v) is 2.94. The molecule has 80 valence electrons. The average molecular weight is 202 g/mol. The van der Waals surface area contributed by atoms with Gasteiger partial charge in [0.2, 0.25) is 0 Å². The van der Waals surface area contributed by atoms with Crippen LogP contribution in [-0.2, 0) is 0 Å². The van der Waals surface area contributed by atoms with Gasteiger partial charge in [0.1, 0.15) is 0 Å². The Labute approximate surface area is 91.6 Å². The molecule has 0 unspecified atom stereocenters. The Morgan fingerprint density at radius 3 is 2.73 bits per heavy atom. The minimum Gasteiger partial charge on any atom is -0.303 e. The van der Waals surface area contributed by atoms with Gasteiger partial charge in [0.25, 0.3) is 0 Å². The van der Waals surface area contributed by atoms with E-state index in [0.717, 1.165) is 6.42 Å². The van der Waals surface area contributed by atoms with Gasteiger partial charge in [-0.3, -0.25) is 0 Å². The van der Waals surface area contributed by atoms with Crippen molar-refractivity contribution in [3.05, 3.63) is 35.4 Å². The lowest BCUT2D eigenvalue weighted by atomic mass is 9.83. The maximum atomic E-state index is 4.56. The van der Waals surface area contributed by atoms with E-state index in [2.05, 4.69) is 36.3 Å². The molecule has 0 aromatic heterocycles. The predicted octanol–water partition coefficient (Wildman–Crippen LogP) is 2.85. The van der Waals surface area contributed by atoms with Gasteiger partial charge in [-0.15, -0.1) is 0 Å². The summed E-state index contributed by atoms with van der Waals surface area (Å²) in [6.45, 7) is 2.30. The molecule has 0 saturated carbocycles. The molecule has 0 radical (unpaired) electrons. The van der Waals surface area contributed by atoms with Crippen molar-refractivity contribution in [3.63, 3.8) is 0 Å². The first-order valence-electron chi connectivity index (χ1n) is 5.52. The zero-order valence-electron chi connectivity index (χ0n) is 9.70. The van der Waals surface area contributed by atoms with Gasteiger partial charge in [-0.2, -0.15) is 5.10 Å². The second-order valence-corrected chi connectivity index (χ2v) is 4.42. The zero-order valence-corrected chi connectivity index (χ0v) is 9.70. The van der Waals surface area contributed by atoms with Crippen LogP contribution in [-0.4, -0.2) is 24.8 Å². The molecule has 0 saturated heterocycles. The largest absolute Gasteiger partial charge is 0.303 e. The van der Waals surface area contributed by atoms with E-state index < -0.39 is 0 Å². The Morgan fingerprint density at radius 1 is 1.27 bits per heavy atom. The maximum Gasteiger partial charge on any atom is 0.0680 e. The fraction of sp³-hybridized carbons (Fsp3) is 0.462. The zero-order chi connectivity index (χ0) is 10.8. The second-order valence-electron chi connectivity index (χ2n) is 4.42. The molecule has 15 heavy (non-hydrogen) atoms. The van der Waals surface area contributed by atoms with Crippen molar-refractivity contribution in [2.24, 2.45) is 5.10 Å². The highest BCUT2D eigenvalue weighted by Gasteiger charge is 2.20. The molecule has 0 bridgehead atoms. The Kier molecular flexibility index (Phi) is 2.76. The van der Waals surface area contributed by atoms with Gasteiger partial charge in [0.05, 0.1) is 5.71 Å². The molecule has 0 fully saturated rings. The highest BCUT2D eigenvalue weighted by atomic mass is 15.4. The van der Waals surface area contributed by atoms with Crippen LogP contribution in [0.3, 0.4) is 0 Å². The number of hydrogen-bond donors (Lipinski definition) is 0. The van der Waals surface area contributed by atoms with Crippen LogP contribution in [0.4, 0.5) is 0 Å². The van der Waals surface area contributed by atoms with Crippen molar-refractivity contribution in [2.75, 3.05) is 14.1 Å². The summed E-state index contributed by atoms with van der Waals surface area (Å²) in [5.74, 6) is 0.669. The molecule has 1 atom stereocenters. The number of fused-ring (bicyclic) bond motifs is 1. The van der Waals surface area contributed by atoms with Crippen molar-refractivity contribution in [1.82, 2.24) is 5.01 Å². The highest BCUT2D eigenvalue weighted by molar-refractivity contribution is 6.02. The third kappa shape index (κ3) is 2.04. The van der Waals surface area contributed by atoms with Crippen LogP contribution in [0.15, 0.2) is 29.4 Å². The normalized spacial score (nSPS) is 22.6. The van der Waals surface area contributed by atoms with E-state index >= 15 is 0 Å². The molecule has 2 nitrogen and oxygen atoms in total. The molecule has 0 heterocycles. The van der Waals surface area contributed by atoms with Gasteiger partial charge in [-0.25, -0.2) is 0 Å². The molecule has 0 aliphatic heterocycles. The Balaban J connectivity index is 2.45. The van der Waals surface area contributed by atoms with Crippen LogP contribution in [0.2, 0.25) is 0 Å². The first-order chi connectivity index (χ1) is 7.18. The number of benzene rings is 1. The quantitative estimate of drug-likeness (QED) is 0.639. The minimum atomic E-state index is 0.669. The van der Waals surface area contributed by atoms with Crippen LogP contribution in [0, 0.1) is 0 Å². The topological polar surface area (TPSA) is 15.6 Å². The maximum absolute atomic E-state index is 4.56. The molecular formula is C13H18N2. The van der Waals surface area contributed by atoms with E-state index in [1.165, 1.54) is 23.3 Å². The number of rotatable bonds is 1. The van der Waals surface area contributed by atoms with E-state index in [9.17, 15) is 0 Å². The van der Waals surface area contributed by atoms with Crippen LogP contribution < -0.4 is 0 Å². The first kappa shape index (κ1) is 10.2. The summed E-state index contributed by atoms with van der Waals surface area (Å²) in [6.07, 6.45) is 2.31. The van der Waals surface area contributed by atoms with E-state index in [1.807, 2.05) is 19.1 Å². The van der Waals surface area contributed by atoms with Crippen molar-refractivity contribution in [1.29, 1.82) is 0 Å². The van der Waals surface area contributed by atoms with E-state index in [0.29, 0.717) is 5.92 Å². The summed E-state index contributed by atoms with van der Waals surface area (Å²) in [5, 5.41) is 6.45. The molecule has 0 N–H and O–H groups in total. The summed E-state index contributed by atoms with van der Waals surface area (Å²) >= 11 is 0. The lowest BCUT2D eigenvalue weighted by Gasteiger charge is -2.24. The highest BCUT2D eigenvalue weighted by Crippen LogP contribution is 2.31. The average Bonchev–Trinajstić information content (AvgIpc) is 2.22. The predicted molar refractivity (Wildman–Crippen MR) is 64.3 cm³/mol. The molecule has 1 aromatic rings. The van der Waals surface area contributed by atoms with Crippen molar-refractivity contribution >= 4 is 5.71 Å². The molecule has 0 amide bonds. The number of hydrogen-bond acceptors (Lipinski definition) is 2. The summed E-state index contributed by atoms with van der Waals surface area (Å²) in [5.41, 5.74) is 4.02. The van der Waals surface area contributed by atoms with Gasteiger partial charge in [-0.1, -0.05) is 31.2 Å². The summed E-state index contributed by atoms with van der Waals surface area (Å²) in [4.78, 5) is 0. The van der Waals surface area contributed by atoms with E-state index in [-0.39, 0.29) is 0 Å². The SMILES string of the molecule is C[C@H]1CC/C(=N\N(C)C)c2ccccc21. The van der Waals surface area contributed by atoms with Gasteiger partial charge in [0.15, 0.2) is 0 Å². The van der Waals surface area contributed by atoms with Gasteiger partial charge < -0.3 is 5.01 Å². The van der Waals surface area contributed by atoms with Crippen LogP contribution in [0.5, 0.6) is 0 Å². The summed E-state index contributed by atoms with van der Waals surface area (Å²) < 4.78 is 0. The van der Waals surface area contributed by atoms with E-state index in [1.54, 1.807) is 0 Å². The molecule has 2 heteroatoms. The number of hydrazone groups is 1. The van der Waals surface area contributed by atoms with Crippen LogP contribution in [0.25, 0.3) is 0 Å². The lowest BCUT2D eigenvalue weighted by molar-refractivity contribution is 0.435. The van der Waals surface area contributed by atoms with Crippen molar-refractivity contribution in [2.45, 2.75) is 25.7 Å². The summed E-state index contributed by atoms with van der Waals surface area (Å²) in [6, 6.07) is 8.63. The van der Waals surface area contributed by atoms with Gasteiger partial charge in [-0.05, 0) is 24.3 Å². The second kappa shape index (κ2) is 4.05. The fourth-order valence-electron chi connectivity index (χ4n) is 2.18. The fourth-order valence-corrected chi connectivity index (χ4v) is 2.18. The number of nitrogens with zero attached hydrogens (tertiary/aromatic N) is 2. The lowest BCUT2D eigenvalue weighted by Crippen LogP contribution is -2.18. The van der Waals surface area contributed by atoms with Crippen molar-refractivity contribution < 1.29 is 0 Å². The van der Waals surface area contributed by atoms with Gasteiger partial charge in [0, 0.05) is 19.7 Å².